The minimum atomic E-state index is -1.25. The average Bonchev–Trinajstić information content (AvgIpc) is 2.59. The molecule has 1 aromatic rings. The number of amides is 1. The van der Waals surface area contributed by atoms with Crippen LogP contribution in [0.1, 0.15) is 18.9 Å². The highest BCUT2D eigenvalue weighted by molar-refractivity contribution is 6.06. The average molecular weight is 306 g/mol. The fourth-order valence-electron chi connectivity index (χ4n) is 2.17. The summed E-state index contributed by atoms with van der Waals surface area (Å²) in [6, 6.07) is 9.61. The molecule has 0 radical (unpaired) electrons. The Labute approximate surface area is 130 Å². The van der Waals surface area contributed by atoms with Gasteiger partial charge in [0.2, 0.25) is 0 Å². The quantitative estimate of drug-likeness (QED) is 0.633. The van der Waals surface area contributed by atoms with Gasteiger partial charge < -0.3 is 19.6 Å². The minimum Gasteiger partial charge on any atom is -0.391 e. The predicted molar refractivity (Wildman–Crippen MR) is 82.4 cm³/mol. The van der Waals surface area contributed by atoms with Crippen LogP contribution in [-0.4, -0.2) is 54.0 Å². The van der Waals surface area contributed by atoms with Gasteiger partial charge in [-0.1, -0.05) is 42.4 Å². The van der Waals surface area contributed by atoms with Gasteiger partial charge in [-0.3, -0.25) is 4.79 Å². The zero-order valence-corrected chi connectivity index (χ0v) is 12.8. The smallest absolute Gasteiger partial charge is 0.257 e. The molecule has 1 fully saturated rings. The number of aliphatic hydroxyl groups is 1. The highest BCUT2D eigenvalue weighted by atomic mass is 16.6. The van der Waals surface area contributed by atoms with Gasteiger partial charge in [0.05, 0.1) is 18.9 Å². The Balaban J connectivity index is 1.91. The molecule has 1 aliphatic heterocycles. The Bertz CT molecular complexity index is 498. The maximum Gasteiger partial charge on any atom is 0.257 e. The first-order valence-corrected chi connectivity index (χ1v) is 7.49. The van der Waals surface area contributed by atoms with Crippen molar-refractivity contribution in [3.63, 3.8) is 0 Å². The molecule has 0 bridgehead atoms. The number of morpholine rings is 1. The van der Waals surface area contributed by atoms with Crippen molar-refractivity contribution in [2.24, 2.45) is 5.16 Å². The standard InChI is InChI=1S/C16H22N2O4/c1-2-14(17-22-12-13-6-4-3-5-7-13)15(19)16(20)18-8-10-21-11-9-18/h3-7,15,19H,2,8-12H2,1H3/b17-14+. The Kier molecular flexibility index (Phi) is 6.36. The van der Waals surface area contributed by atoms with E-state index in [-0.39, 0.29) is 5.91 Å². The fraction of sp³-hybridized carbons (Fsp3) is 0.500. The Morgan fingerprint density at radius 3 is 2.68 bits per heavy atom. The molecule has 22 heavy (non-hydrogen) atoms. The first kappa shape index (κ1) is 16.5. The second-order valence-corrected chi connectivity index (χ2v) is 5.04. The SMILES string of the molecule is CC/C(=N\OCc1ccccc1)C(O)C(=O)N1CCOCC1. The predicted octanol–water partition coefficient (Wildman–Crippen LogP) is 1.19. The molecule has 120 valence electrons. The van der Waals surface area contributed by atoms with Crippen LogP contribution in [0.15, 0.2) is 35.5 Å². The molecule has 1 atom stereocenters. The van der Waals surface area contributed by atoms with Crippen molar-refractivity contribution in [2.75, 3.05) is 26.3 Å². The van der Waals surface area contributed by atoms with Gasteiger partial charge in [-0.2, -0.15) is 0 Å². The van der Waals surface area contributed by atoms with Crippen molar-refractivity contribution < 1.29 is 19.5 Å². The molecular weight excluding hydrogens is 284 g/mol. The maximum absolute atomic E-state index is 12.2. The normalized spacial score (nSPS) is 17.2. The van der Waals surface area contributed by atoms with Crippen LogP contribution in [0.3, 0.4) is 0 Å². The molecule has 1 aliphatic rings. The molecule has 0 aliphatic carbocycles. The number of aliphatic hydroxyl groups excluding tert-OH is 1. The van der Waals surface area contributed by atoms with Gasteiger partial charge in [0, 0.05) is 13.1 Å². The van der Waals surface area contributed by atoms with Gasteiger partial charge >= 0.3 is 0 Å². The summed E-state index contributed by atoms with van der Waals surface area (Å²) in [6.45, 7) is 4.14. The molecule has 0 spiro atoms. The number of nitrogens with zero attached hydrogens (tertiary/aromatic N) is 2. The van der Waals surface area contributed by atoms with E-state index < -0.39 is 6.10 Å². The summed E-state index contributed by atoms with van der Waals surface area (Å²) >= 11 is 0. The van der Waals surface area contributed by atoms with E-state index >= 15 is 0 Å². The summed E-state index contributed by atoms with van der Waals surface area (Å²) < 4.78 is 5.20. The van der Waals surface area contributed by atoms with E-state index in [0.717, 1.165) is 5.56 Å². The molecule has 1 N–H and O–H groups in total. The van der Waals surface area contributed by atoms with Gasteiger partial charge in [0.15, 0.2) is 6.10 Å². The fourth-order valence-corrected chi connectivity index (χ4v) is 2.17. The first-order valence-electron chi connectivity index (χ1n) is 7.49. The van der Waals surface area contributed by atoms with E-state index in [1.165, 1.54) is 0 Å². The number of carbonyl (C=O) groups excluding carboxylic acids is 1. The van der Waals surface area contributed by atoms with Gasteiger partial charge in [0.1, 0.15) is 6.61 Å². The van der Waals surface area contributed by atoms with Crippen LogP contribution < -0.4 is 0 Å². The van der Waals surface area contributed by atoms with Crippen molar-refractivity contribution in [3.8, 4) is 0 Å². The molecule has 1 unspecified atom stereocenters. The maximum atomic E-state index is 12.2. The molecule has 6 nitrogen and oxygen atoms in total. The number of benzene rings is 1. The second-order valence-electron chi connectivity index (χ2n) is 5.04. The van der Waals surface area contributed by atoms with Gasteiger partial charge in [-0.15, -0.1) is 0 Å². The number of ether oxygens (including phenoxy) is 1. The highest BCUT2D eigenvalue weighted by Gasteiger charge is 2.27. The molecule has 0 aromatic heterocycles. The monoisotopic (exact) mass is 306 g/mol. The summed E-state index contributed by atoms with van der Waals surface area (Å²) in [5.41, 5.74) is 1.32. The lowest BCUT2D eigenvalue weighted by molar-refractivity contribution is -0.141. The summed E-state index contributed by atoms with van der Waals surface area (Å²) in [7, 11) is 0. The first-order chi connectivity index (χ1) is 10.7. The van der Waals surface area contributed by atoms with Crippen LogP contribution in [-0.2, 0) is 21.0 Å². The van der Waals surface area contributed by atoms with Crippen LogP contribution in [0.25, 0.3) is 0 Å². The molecule has 2 rings (SSSR count). The van der Waals surface area contributed by atoms with E-state index in [0.29, 0.717) is 45.0 Å². The van der Waals surface area contributed by atoms with Gasteiger partial charge in [-0.05, 0) is 12.0 Å². The van der Waals surface area contributed by atoms with E-state index in [4.69, 9.17) is 9.57 Å². The number of carbonyl (C=O) groups is 1. The lowest BCUT2D eigenvalue weighted by Gasteiger charge is -2.28. The van der Waals surface area contributed by atoms with Crippen LogP contribution in [0, 0.1) is 0 Å². The third kappa shape index (κ3) is 4.54. The summed E-state index contributed by atoms with van der Waals surface area (Å²) in [5.74, 6) is -0.341. The van der Waals surface area contributed by atoms with Gasteiger partial charge in [-0.25, -0.2) is 0 Å². The van der Waals surface area contributed by atoms with Crippen molar-refractivity contribution >= 4 is 11.6 Å². The van der Waals surface area contributed by atoms with Crippen molar-refractivity contribution in [2.45, 2.75) is 26.1 Å². The Morgan fingerprint density at radius 1 is 1.36 bits per heavy atom. The van der Waals surface area contributed by atoms with Crippen molar-refractivity contribution in [1.29, 1.82) is 0 Å². The van der Waals surface area contributed by atoms with E-state index in [1.807, 2.05) is 37.3 Å². The molecule has 1 heterocycles. The molecule has 1 aromatic carbocycles. The zero-order chi connectivity index (χ0) is 15.8. The van der Waals surface area contributed by atoms with Crippen LogP contribution in [0.4, 0.5) is 0 Å². The number of hydrogen-bond donors (Lipinski definition) is 1. The van der Waals surface area contributed by atoms with E-state index in [2.05, 4.69) is 5.16 Å². The van der Waals surface area contributed by atoms with Crippen LogP contribution in [0.2, 0.25) is 0 Å². The third-order valence-electron chi connectivity index (χ3n) is 3.49. The molecule has 6 heteroatoms. The lowest BCUT2D eigenvalue weighted by atomic mass is 10.1. The van der Waals surface area contributed by atoms with E-state index in [1.54, 1.807) is 4.90 Å². The Hall–Kier alpha value is -1.92. The Morgan fingerprint density at radius 2 is 2.05 bits per heavy atom. The van der Waals surface area contributed by atoms with Crippen molar-refractivity contribution in [3.05, 3.63) is 35.9 Å². The zero-order valence-electron chi connectivity index (χ0n) is 12.8. The summed E-state index contributed by atoms with van der Waals surface area (Å²) in [5, 5.41) is 14.1. The van der Waals surface area contributed by atoms with Crippen LogP contribution in [0.5, 0.6) is 0 Å². The summed E-state index contributed by atoms with van der Waals surface area (Å²) in [4.78, 5) is 19.1. The topological polar surface area (TPSA) is 71.4 Å². The summed E-state index contributed by atoms with van der Waals surface area (Å²) in [6.07, 6.45) is -0.801. The largest absolute Gasteiger partial charge is 0.391 e. The number of hydrogen-bond acceptors (Lipinski definition) is 5. The molecule has 0 saturated carbocycles. The van der Waals surface area contributed by atoms with Crippen LogP contribution >= 0.6 is 0 Å². The highest BCUT2D eigenvalue weighted by Crippen LogP contribution is 2.06. The lowest BCUT2D eigenvalue weighted by Crippen LogP contribution is -2.48. The number of rotatable bonds is 6. The minimum absolute atomic E-state index is 0.308. The van der Waals surface area contributed by atoms with Gasteiger partial charge in [0.25, 0.3) is 5.91 Å². The molecular formula is C16H22N2O4. The molecule has 1 saturated heterocycles. The molecule has 1 amide bonds. The second kappa shape index (κ2) is 8.51. The third-order valence-corrected chi connectivity index (χ3v) is 3.49. The van der Waals surface area contributed by atoms with E-state index in [9.17, 15) is 9.90 Å². The van der Waals surface area contributed by atoms with Crippen molar-refractivity contribution in [1.82, 2.24) is 4.90 Å². The number of oxime groups is 1.